The molecular formula is C10H16N4OS. The van der Waals surface area contributed by atoms with Gasteiger partial charge in [0.1, 0.15) is 5.82 Å². The molecule has 16 heavy (non-hydrogen) atoms. The van der Waals surface area contributed by atoms with Crippen LogP contribution in [-0.4, -0.2) is 38.8 Å². The van der Waals surface area contributed by atoms with Crippen molar-refractivity contribution in [1.29, 1.82) is 0 Å². The van der Waals surface area contributed by atoms with Gasteiger partial charge in [-0.3, -0.25) is 4.21 Å². The number of hydrogen-bond acceptors (Lipinski definition) is 5. The second kappa shape index (κ2) is 5.25. The van der Waals surface area contributed by atoms with Gasteiger partial charge in [-0.2, -0.15) is 4.98 Å². The predicted molar refractivity (Wildman–Crippen MR) is 66.1 cm³/mol. The van der Waals surface area contributed by atoms with Gasteiger partial charge < -0.3 is 10.6 Å². The zero-order chi connectivity index (χ0) is 11.4. The van der Waals surface area contributed by atoms with Crippen LogP contribution in [0, 0.1) is 0 Å². The normalized spacial score (nSPS) is 25.1. The summed E-state index contributed by atoms with van der Waals surface area (Å²) in [5, 5.41) is 6.25. The number of nitrogens with zero attached hydrogens (tertiary/aromatic N) is 2. The summed E-state index contributed by atoms with van der Waals surface area (Å²) >= 11 is 0. The van der Waals surface area contributed by atoms with E-state index in [0.717, 1.165) is 30.2 Å². The number of hydrogen-bond donors (Lipinski definition) is 2. The molecule has 1 aliphatic rings. The topological polar surface area (TPSA) is 66.9 Å². The Morgan fingerprint density at radius 2 is 2.19 bits per heavy atom. The lowest BCUT2D eigenvalue weighted by Gasteiger charge is -2.22. The molecule has 2 N–H and O–H groups in total. The first-order chi connectivity index (χ1) is 7.78. The van der Waals surface area contributed by atoms with E-state index in [1.165, 1.54) is 0 Å². The number of anilines is 2. The van der Waals surface area contributed by atoms with Crippen molar-refractivity contribution in [3.05, 3.63) is 12.3 Å². The fourth-order valence-corrected chi connectivity index (χ4v) is 3.01. The van der Waals surface area contributed by atoms with Crippen LogP contribution in [0.1, 0.15) is 12.8 Å². The van der Waals surface area contributed by atoms with Crippen molar-refractivity contribution in [3.63, 3.8) is 0 Å². The Bertz CT molecular complexity index is 375. The van der Waals surface area contributed by atoms with Crippen molar-refractivity contribution in [2.75, 3.05) is 29.2 Å². The number of nitrogens with one attached hydrogen (secondary N) is 2. The molecule has 1 saturated heterocycles. The maximum atomic E-state index is 11.2. The van der Waals surface area contributed by atoms with Gasteiger partial charge in [0.15, 0.2) is 0 Å². The second-order valence-electron chi connectivity index (χ2n) is 3.78. The van der Waals surface area contributed by atoms with Gasteiger partial charge in [-0.15, -0.1) is 0 Å². The summed E-state index contributed by atoms with van der Waals surface area (Å²) < 4.78 is 11.2. The van der Waals surface area contributed by atoms with E-state index in [0.29, 0.717) is 12.0 Å². The molecule has 0 saturated carbocycles. The van der Waals surface area contributed by atoms with Gasteiger partial charge in [-0.1, -0.05) is 0 Å². The van der Waals surface area contributed by atoms with Crippen LogP contribution in [0.5, 0.6) is 0 Å². The largest absolute Gasteiger partial charge is 0.367 e. The van der Waals surface area contributed by atoms with E-state index in [1.54, 1.807) is 13.2 Å². The van der Waals surface area contributed by atoms with Crippen LogP contribution >= 0.6 is 0 Å². The van der Waals surface area contributed by atoms with Crippen molar-refractivity contribution in [2.45, 2.75) is 18.9 Å². The fraction of sp³-hybridized carbons (Fsp3) is 0.600. The summed E-state index contributed by atoms with van der Waals surface area (Å²) in [6.45, 7) is 0. The first-order valence-electron chi connectivity index (χ1n) is 5.40. The van der Waals surface area contributed by atoms with Crippen molar-refractivity contribution in [2.24, 2.45) is 0 Å². The highest BCUT2D eigenvalue weighted by atomic mass is 32.2. The fourth-order valence-electron chi connectivity index (χ4n) is 1.71. The summed E-state index contributed by atoms with van der Waals surface area (Å²) in [7, 11) is 1.18. The van der Waals surface area contributed by atoms with E-state index < -0.39 is 10.8 Å². The van der Waals surface area contributed by atoms with Crippen LogP contribution in [-0.2, 0) is 10.8 Å². The lowest BCUT2D eigenvalue weighted by Crippen LogP contribution is -2.29. The van der Waals surface area contributed by atoms with E-state index in [9.17, 15) is 4.21 Å². The van der Waals surface area contributed by atoms with E-state index in [1.807, 2.05) is 6.07 Å². The van der Waals surface area contributed by atoms with Crippen LogP contribution in [0.2, 0.25) is 0 Å². The van der Waals surface area contributed by atoms with Gasteiger partial charge in [-0.05, 0) is 18.9 Å². The molecule has 2 rings (SSSR count). The van der Waals surface area contributed by atoms with Gasteiger partial charge in [-0.25, -0.2) is 4.98 Å². The molecule has 0 atom stereocenters. The average molecular weight is 240 g/mol. The summed E-state index contributed by atoms with van der Waals surface area (Å²) in [6.07, 6.45) is 3.62. The van der Waals surface area contributed by atoms with Gasteiger partial charge in [0, 0.05) is 41.6 Å². The Labute approximate surface area is 97.5 Å². The van der Waals surface area contributed by atoms with Crippen molar-refractivity contribution in [1.82, 2.24) is 9.97 Å². The molecule has 1 fully saturated rings. The molecule has 0 bridgehead atoms. The minimum Gasteiger partial charge on any atom is -0.367 e. The zero-order valence-electron chi connectivity index (χ0n) is 9.27. The third-order valence-electron chi connectivity index (χ3n) is 2.62. The molecule has 0 aromatic carbocycles. The molecule has 6 heteroatoms. The highest BCUT2D eigenvalue weighted by Crippen LogP contribution is 2.15. The summed E-state index contributed by atoms with van der Waals surface area (Å²) in [5.41, 5.74) is 0. The SMILES string of the molecule is CNc1nccc(NC2CCS(=O)CC2)n1. The van der Waals surface area contributed by atoms with Crippen molar-refractivity contribution >= 4 is 22.6 Å². The van der Waals surface area contributed by atoms with E-state index in [4.69, 9.17) is 0 Å². The summed E-state index contributed by atoms with van der Waals surface area (Å²) in [6, 6.07) is 2.24. The maximum absolute atomic E-state index is 11.2. The van der Waals surface area contributed by atoms with Crippen molar-refractivity contribution < 1.29 is 4.21 Å². The molecule has 0 radical (unpaired) electrons. The third kappa shape index (κ3) is 2.91. The Hall–Kier alpha value is -1.17. The molecule has 88 valence electrons. The molecular weight excluding hydrogens is 224 g/mol. The Kier molecular flexibility index (Phi) is 3.71. The molecule has 0 spiro atoms. The summed E-state index contributed by atoms with van der Waals surface area (Å²) in [4.78, 5) is 8.35. The van der Waals surface area contributed by atoms with E-state index in [-0.39, 0.29) is 0 Å². The lowest BCUT2D eigenvalue weighted by molar-refractivity contribution is 0.622. The quantitative estimate of drug-likeness (QED) is 0.819. The predicted octanol–water partition coefficient (Wildman–Crippen LogP) is 0.841. The Morgan fingerprint density at radius 3 is 2.88 bits per heavy atom. The van der Waals surface area contributed by atoms with Crippen LogP contribution in [0.4, 0.5) is 11.8 Å². The highest BCUT2D eigenvalue weighted by Gasteiger charge is 2.17. The smallest absolute Gasteiger partial charge is 0.224 e. The summed E-state index contributed by atoms with van der Waals surface area (Å²) in [5.74, 6) is 3.03. The monoisotopic (exact) mass is 240 g/mol. The van der Waals surface area contributed by atoms with Gasteiger partial charge >= 0.3 is 0 Å². The van der Waals surface area contributed by atoms with Crippen LogP contribution in [0.25, 0.3) is 0 Å². The third-order valence-corrected chi connectivity index (χ3v) is 4.00. The maximum Gasteiger partial charge on any atom is 0.224 e. The molecule has 0 amide bonds. The first kappa shape index (κ1) is 11.3. The van der Waals surface area contributed by atoms with Crippen LogP contribution < -0.4 is 10.6 Å². The minimum atomic E-state index is -0.610. The first-order valence-corrected chi connectivity index (χ1v) is 6.89. The Morgan fingerprint density at radius 1 is 1.44 bits per heavy atom. The molecule has 1 aromatic rings. The molecule has 1 aromatic heterocycles. The highest BCUT2D eigenvalue weighted by molar-refractivity contribution is 7.85. The lowest BCUT2D eigenvalue weighted by atomic mass is 10.1. The molecule has 0 unspecified atom stereocenters. The van der Waals surface area contributed by atoms with Crippen LogP contribution in [0.15, 0.2) is 12.3 Å². The zero-order valence-corrected chi connectivity index (χ0v) is 10.1. The minimum absolute atomic E-state index is 0.386. The van der Waals surface area contributed by atoms with Gasteiger partial charge in [0.05, 0.1) is 0 Å². The molecule has 1 aliphatic heterocycles. The van der Waals surface area contributed by atoms with Crippen molar-refractivity contribution in [3.8, 4) is 0 Å². The molecule has 0 aliphatic carbocycles. The van der Waals surface area contributed by atoms with Crippen LogP contribution in [0.3, 0.4) is 0 Å². The van der Waals surface area contributed by atoms with E-state index >= 15 is 0 Å². The average Bonchev–Trinajstić information content (AvgIpc) is 2.32. The second-order valence-corrected chi connectivity index (χ2v) is 5.48. The molecule has 2 heterocycles. The number of aromatic nitrogens is 2. The van der Waals surface area contributed by atoms with E-state index in [2.05, 4.69) is 20.6 Å². The van der Waals surface area contributed by atoms with Gasteiger partial charge in [0.2, 0.25) is 5.95 Å². The number of rotatable bonds is 3. The van der Waals surface area contributed by atoms with Gasteiger partial charge in [0.25, 0.3) is 0 Å². The standard InChI is InChI=1S/C10H16N4OS/c1-11-10-12-5-2-9(14-10)13-8-3-6-16(15)7-4-8/h2,5,8H,3-4,6-7H2,1H3,(H2,11,12,13,14). The molecule has 5 nitrogen and oxygen atoms in total. The Balaban J connectivity index is 1.95.